The Hall–Kier alpha value is -1.90. The van der Waals surface area contributed by atoms with Crippen molar-refractivity contribution < 1.29 is 4.74 Å². The Kier molecular flexibility index (Phi) is 9.16. The molecule has 3 heteroatoms. The topological polar surface area (TPSA) is 35.0 Å². The highest BCUT2D eigenvalue weighted by atomic mass is 16.5. The quantitative estimate of drug-likeness (QED) is 0.402. The number of hydrogen-bond acceptors (Lipinski definition) is 3. The molecule has 1 atom stereocenters. The van der Waals surface area contributed by atoms with E-state index in [1.807, 2.05) is 36.7 Å². The second kappa shape index (κ2) is 11.7. The van der Waals surface area contributed by atoms with E-state index >= 15 is 0 Å². The highest BCUT2D eigenvalue weighted by Gasteiger charge is 2.06. The van der Waals surface area contributed by atoms with Gasteiger partial charge < -0.3 is 4.74 Å². The minimum absolute atomic E-state index is 0.260. The largest absolute Gasteiger partial charge is 0.491 e. The Morgan fingerprint density at radius 3 is 2.15 bits per heavy atom. The van der Waals surface area contributed by atoms with Gasteiger partial charge in [-0.15, -0.1) is 0 Å². The lowest BCUT2D eigenvalue weighted by Gasteiger charge is -2.14. The highest BCUT2D eigenvalue weighted by molar-refractivity contribution is 5.55. The van der Waals surface area contributed by atoms with Crippen LogP contribution >= 0.6 is 0 Å². The van der Waals surface area contributed by atoms with Gasteiger partial charge in [0.15, 0.2) is 5.82 Å². The molecule has 1 aromatic heterocycles. The maximum atomic E-state index is 5.99. The van der Waals surface area contributed by atoms with Gasteiger partial charge in [-0.1, -0.05) is 46.0 Å². The Balaban J connectivity index is 1.85. The van der Waals surface area contributed by atoms with Crippen LogP contribution in [0.3, 0.4) is 0 Å². The Bertz CT molecular complexity index is 607. The fraction of sp³-hybridized carbons (Fsp3) is 0.565. The minimum atomic E-state index is 0.260. The van der Waals surface area contributed by atoms with E-state index in [4.69, 9.17) is 4.74 Å². The molecule has 26 heavy (non-hydrogen) atoms. The number of aromatic nitrogens is 2. The van der Waals surface area contributed by atoms with E-state index in [1.165, 1.54) is 50.5 Å². The first-order valence-electron chi connectivity index (χ1n) is 10.3. The normalized spacial score (nSPS) is 12.1. The zero-order valence-corrected chi connectivity index (χ0v) is 16.7. The molecule has 1 heterocycles. The molecule has 0 aliphatic carbocycles. The number of unbranched alkanes of at least 4 members (excludes halogenated alkanes) is 5. The van der Waals surface area contributed by atoms with Crippen molar-refractivity contribution in [2.75, 3.05) is 0 Å². The van der Waals surface area contributed by atoms with E-state index in [2.05, 4.69) is 30.7 Å². The van der Waals surface area contributed by atoms with Crippen molar-refractivity contribution in [3.05, 3.63) is 42.2 Å². The molecule has 0 amide bonds. The van der Waals surface area contributed by atoms with E-state index in [0.29, 0.717) is 0 Å². The molecule has 0 aliphatic heterocycles. The molecule has 2 rings (SSSR count). The Morgan fingerprint density at radius 2 is 1.50 bits per heavy atom. The third kappa shape index (κ3) is 7.15. The average molecular weight is 355 g/mol. The van der Waals surface area contributed by atoms with Gasteiger partial charge in [0.25, 0.3) is 0 Å². The first-order valence-corrected chi connectivity index (χ1v) is 10.3. The van der Waals surface area contributed by atoms with Crippen LogP contribution in [-0.4, -0.2) is 16.1 Å². The minimum Gasteiger partial charge on any atom is -0.491 e. The van der Waals surface area contributed by atoms with Gasteiger partial charge in [-0.25, -0.2) is 9.97 Å². The van der Waals surface area contributed by atoms with Crippen molar-refractivity contribution >= 4 is 0 Å². The van der Waals surface area contributed by atoms with E-state index in [0.717, 1.165) is 30.0 Å². The van der Waals surface area contributed by atoms with Gasteiger partial charge >= 0.3 is 0 Å². The second-order valence-corrected chi connectivity index (χ2v) is 7.17. The number of benzene rings is 1. The Labute approximate surface area is 159 Å². The molecule has 142 valence electrons. The summed E-state index contributed by atoms with van der Waals surface area (Å²) >= 11 is 0. The van der Waals surface area contributed by atoms with Gasteiger partial charge in [-0.2, -0.15) is 0 Å². The third-order valence-electron chi connectivity index (χ3n) is 4.69. The lowest BCUT2D eigenvalue weighted by Crippen LogP contribution is -2.11. The summed E-state index contributed by atoms with van der Waals surface area (Å²) in [5.74, 6) is 1.70. The van der Waals surface area contributed by atoms with Crippen molar-refractivity contribution in [1.29, 1.82) is 0 Å². The van der Waals surface area contributed by atoms with Crippen LogP contribution in [0.1, 0.15) is 77.7 Å². The molecular weight excluding hydrogens is 320 g/mol. The lowest BCUT2D eigenvalue weighted by atomic mass is 10.1. The van der Waals surface area contributed by atoms with Crippen LogP contribution in [0.25, 0.3) is 11.4 Å². The number of aryl methyl sites for hydroxylation is 1. The van der Waals surface area contributed by atoms with Gasteiger partial charge in [0.1, 0.15) is 5.75 Å². The summed E-state index contributed by atoms with van der Waals surface area (Å²) in [5.41, 5.74) is 2.26. The standard InChI is InChI=1S/C23H34N2O/c1-4-6-8-10-12-20-17-24-23(25-18-20)21-13-15-22(16-14-21)26-19(3)11-9-7-5-2/h13-19H,4-12H2,1-3H3/t19-/m0/s1. The first-order chi connectivity index (χ1) is 12.7. The highest BCUT2D eigenvalue weighted by Crippen LogP contribution is 2.21. The zero-order chi connectivity index (χ0) is 18.6. The van der Waals surface area contributed by atoms with Crippen LogP contribution in [0.4, 0.5) is 0 Å². The van der Waals surface area contributed by atoms with Gasteiger partial charge in [0.2, 0.25) is 0 Å². The predicted octanol–water partition coefficient (Wildman–Crippen LogP) is 6.61. The molecule has 0 bridgehead atoms. The average Bonchev–Trinajstić information content (AvgIpc) is 2.67. The fourth-order valence-electron chi connectivity index (χ4n) is 3.04. The van der Waals surface area contributed by atoms with Crippen molar-refractivity contribution in [2.24, 2.45) is 0 Å². The summed E-state index contributed by atoms with van der Waals surface area (Å²) in [6.07, 6.45) is 15.2. The van der Waals surface area contributed by atoms with Gasteiger partial charge in [-0.3, -0.25) is 0 Å². The van der Waals surface area contributed by atoms with Crippen molar-refractivity contribution in [3.63, 3.8) is 0 Å². The lowest BCUT2D eigenvalue weighted by molar-refractivity contribution is 0.206. The molecule has 2 aromatic rings. The van der Waals surface area contributed by atoms with Crippen molar-refractivity contribution in [1.82, 2.24) is 9.97 Å². The summed E-state index contributed by atoms with van der Waals surface area (Å²) in [6, 6.07) is 8.13. The number of nitrogens with zero attached hydrogens (tertiary/aromatic N) is 2. The van der Waals surface area contributed by atoms with E-state index in [1.54, 1.807) is 0 Å². The van der Waals surface area contributed by atoms with Gasteiger partial charge in [-0.05, 0) is 62.4 Å². The molecule has 0 unspecified atom stereocenters. The Morgan fingerprint density at radius 1 is 0.846 bits per heavy atom. The smallest absolute Gasteiger partial charge is 0.159 e. The van der Waals surface area contributed by atoms with Crippen molar-refractivity contribution in [2.45, 2.75) is 84.7 Å². The SMILES string of the molecule is CCCCCCc1cnc(-c2ccc(O[C@@H](C)CCCCC)cc2)nc1. The summed E-state index contributed by atoms with van der Waals surface area (Å²) in [4.78, 5) is 9.07. The summed E-state index contributed by atoms with van der Waals surface area (Å²) < 4.78 is 5.99. The predicted molar refractivity (Wildman–Crippen MR) is 110 cm³/mol. The van der Waals surface area contributed by atoms with E-state index in [9.17, 15) is 0 Å². The molecule has 1 aromatic carbocycles. The van der Waals surface area contributed by atoms with Gasteiger partial charge in [0, 0.05) is 18.0 Å². The first kappa shape index (κ1) is 20.4. The molecule has 0 saturated heterocycles. The van der Waals surface area contributed by atoms with Crippen LogP contribution in [0, 0.1) is 0 Å². The number of ether oxygens (including phenoxy) is 1. The van der Waals surface area contributed by atoms with Crippen LogP contribution < -0.4 is 4.74 Å². The monoisotopic (exact) mass is 354 g/mol. The molecule has 0 fully saturated rings. The number of hydrogen-bond donors (Lipinski definition) is 0. The summed E-state index contributed by atoms with van der Waals surface area (Å²) in [7, 11) is 0. The molecule has 0 radical (unpaired) electrons. The molecular formula is C23H34N2O. The van der Waals surface area contributed by atoms with E-state index < -0.39 is 0 Å². The molecule has 0 saturated carbocycles. The number of rotatable bonds is 12. The summed E-state index contributed by atoms with van der Waals surface area (Å²) in [6.45, 7) is 6.61. The van der Waals surface area contributed by atoms with Crippen LogP contribution in [0.15, 0.2) is 36.7 Å². The molecule has 0 N–H and O–H groups in total. The van der Waals surface area contributed by atoms with E-state index in [-0.39, 0.29) is 6.10 Å². The molecule has 0 spiro atoms. The maximum Gasteiger partial charge on any atom is 0.159 e. The van der Waals surface area contributed by atoms with Crippen molar-refractivity contribution in [3.8, 4) is 17.1 Å². The van der Waals surface area contributed by atoms with Gasteiger partial charge in [0.05, 0.1) is 6.10 Å². The summed E-state index contributed by atoms with van der Waals surface area (Å²) in [5, 5.41) is 0. The second-order valence-electron chi connectivity index (χ2n) is 7.17. The fourth-order valence-corrected chi connectivity index (χ4v) is 3.04. The third-order valence-corrected chi connectivity index (χ3v) is 4.69. The zero-order valence-electron chi connectivity index (χ0n) is 16.7. The van der Waals surface area contributed by atoms with Crippen LogP contribution in [-0.2, 0) is 6.42 Å². The molecule has 0 aliphatic rings. The molecule has 3 nitrogen and oxygen atoms in total. The maximum absolute atomic E-state index is 5.99. The van der Waals surface area contributed by atoms with Crippen LogP contribution in [0.5, 0.6) is 5.75 Å². The van der Waals surface area contributed by atoms with Crippen LogP contribution in [0.2, 0.25) is 0 Å².